The Hall–Kier alpha value is -2.04. The van der Waals surface area contributed by atoms with E-state index in [1.807, 2.05) is 45.0 Å². The Morgan fingerprint density at radius 2 is 1.72 bits per heavy atom. The van der Waals surface area contributed by atoms with Gasteiger partial charge in [-0.25, -0.2) is 0 Å². The van der Waals surface area contributed by atoms with E-state index in [-0.39, 0.29) is 24.3 Å². The van der Waals surface area contributed by atoms with E-state index in [1.54, 1.807) is 30.0 Å². The van der Waals surface area contributed by atoms with Gasteiger partial charge in [0.1, 0.15) is 6.04 Å². The first kappa shape index (κ1) is 23.2. The number of hydrogen-bond donors (Lipinski definition) is 1. The maximum Gasteiger partial charge on any atom is 0.242 e. The SMILES string of the molecule is CC[C@H](C)NC(=O)[C@@H](C)N(Cc1ccc(C)cc1)C(=O)Cc1ccc(Cl)cc1Cl. The second-order valence-electron chi connectivity index (χ2n) is 7.41. The molecule has 1 N–H and O–H groups in total. The van der Waals surface area contributed by atoms with Gasteiger partial charge in [-0.15, -0.1) is 0 Å². The molecule has 0 aliphatic rings. The van der Waals surface area contributed by atoms with E-state index in [0.29, 0.717) is 22.2 Å². The monoisotopic (exact) mass is 434 g/mol. The van der Waals surface area contributed by atoms with Crippen molar-refractivity contribution in [2.75, 3.05) is 0 Å². The molecule has 0 aliphatic carbocycles. The number of benzene rings is 2. The minimum Gasteiger partial charge on any atom is -0.352 e. The minimum atomic E-state index is -0.608. The van der Waals surface area contributed by atoms with Crippen molar-refractivity contribution in [2.24, 2.45) is 0 Å². The van der Waals surface area contributed by atoms with Crippen LogP contribution in [-0.4, -0.2) is 28.8 Å². The summed E-state index contributed by atoms with van der Waals surface area (Å²) in [6.07, 6.45) is 0.924. The van der Waals surface area contributed by atoms with Gasteiger partial charge in [0, 0.05) is 22.6 Å². The maximum atomic E-state index is 13.2. The van der Waals surface area contributed by atoms with Crippen molar-refractivity contribution in [1.82, 2.24) is 10.2 Å². The zero-order valence-corrected chi connectivity index (χ0v) is 18.8. The highest BCUT2D eigenvalue weighted by atomic mass is 35.5. The number of carbonyl (C=O) groups is 2. The van der Waals surface area contributed by atoms with Crippen molar-refractivity contribution in [3.8, 4) is 0 Å². The van der Waals surface area contributed by atoms with Gasteiger partial charge in [-0.1, -0.05) is 66.0 Å². The molecule has 0 aliphatic heterocycles. The molecule has 2 aromatic rings. The fraction of sp³-hybridized carbons (Fsp3) is 0.391. The van der Waals surface area contributed by atoms with Crippen LogP contribution in [-0.2, 0) is 22.6 Å². The molecular formula is C23H28Cl2N2O2. The third-order valence-electron chi connectivity index (χ3n) is 5.00. The van der Waals surface area contributed by atoms with Crippen LogP contribution in [0.4, 0.5) is 0 Å². The Bertz CT molecular complexity index is 852. The van der Waals surface area contributed by atoms with Crippen molar-refractivity contribution in [1.29, 1.82) is 0 Å². The van der Waals surface area contributed by atoms with Crippen LogP contribution in [0.2, 0.25) is 10.0 Å². The van der Waals surface area contributed by atoms with Gasteiger partial charge in [0.2, 0.25) is 11.8 Å². The summed E-state index contributed by atoms with van der Waals surface area (Å²) >= 11 is 12.2. The first-order valence-corrected chi connectivity index (χ1v) is 10.6. The zero-order chi connectivity index (χ0) is 21.6. The molecule has 4 nitrogen and oxygen atoms in total. The first-order valence-electron chi connectivity index (χ1n) is 9.80. The summed E-state index contributed by atoms with van der Waals surface area (Å²) in [4.78, 5) is 27.5. The molecule has 2 rings (SSSR count). The molecule has 0 aromatic heterocycles. The zero-order valence-electron chi connectivity index (χ0n) is 17.3. The lowest BCUT2D eigenvalue weighted by molar-refractivity contribution is -0.140. The molecule has 0 saturated heterocycles. The van der Waals surface area contributed by atoms with E-state index >= 15 is 0 Å². The fourth-order valence-corrected chi connectivity index (χ4v) is 3.34. The summed E-state index contributed by atoms with van der Waals surface area (Å²) in [7, 11) is 0. The lowest BCUT2D eigenvalue weighted by Gasteiger charge is -2.30. The molecule has 2 atom stereocenters. The van der Waals surface area contributed by atoms with Crippen molar-refractivity contribution in [3.05, 3.63) is 69.2 Å². The van der Waals surface area contributed by atoms with E-state index in [0.717, 1.165) is 17.5 Å². The molecular weight excluding hydrogens is 407 g/mol. The third-order valence-corrected chi connectivity index (χ3v) is 5.59. The highest BCUT2D eigenvalue weighted by Gasteiger charge is 2.27. The number of hydrogen-bond acceptors (Lipinski definition) is 2. The number of amides is 2. The van der Waals surface area contributed by atoms with E-state index in [2.05, 4.69) is 5.32 Å². The maximum absolute atomic E-state index is 13.2. The Morgan fingerprint density at radius 3 is 2.31 bits per heavy atom. The van der Waals surface area contributed by atoms with Gasteiger partial charge in [0.15, 0.2) is 0 Å². The van der Waals surface area contributed by atoms with Gasteiger partial charge in [0.05, 0.1) is 6.42 Å². The van der Waals surface area contributed by atoms with Crippen LogP contribution in [0, 0.1) is 6.92 Å². The van der Waals surface area contributed by atoms with Crippen molar-refractivity contribution >= 4 is 35.0 Å². The Kier molecular flexibility index (Phi) is 8.54. The van der Waals surface area contributed by atoms with Crippen LogP contribution in [0.5, 0.6) is 0 Å². The lowest BCUT2D eigenvalue weighted by atomic mass is 10.1. The van der Waals surface area contributed by atoms with E-state index in [1.165, 1.54) is 0 Å². The van der Waals surface area contributed by atoms with Crippen LogP contribution in [0.25, 0.3) is 0 Å². The van der Waals surface area contributed by atoms with Gasteiger partial charge in [-0.2, -0.15) is 0 Å². The molecule has 29 heavy (non-hydrogen) atoms. The van der Waals surface area contributed by atoms with Crippen LogP contribution in [0.15, 0.2) is 42.5 Å². The molecule has 2 amide bonds. The summed E-state index contributed by atoms with van der Waals surface area (Å²) < 4.78 is 0. The number of nitrogens with one attached hydrogen (secondary N) is 1. The van der Waals surface area contributed by atoms with Gasteiger partial charge in [-0.3, -0.25) is 9.59 Å². The average Bonchev–Trinajstić information content (AvgIpc) is 2.68. The molecule has 0 saturated carbocycles. The molecule has 6 heteroatoms. The van der Waals surface area contributed by atoms with Gasteiger partial charge >= 0.3 is 0 Å². The van der Waals surface area contributed by atoms with Crippen LogP contribution < -0.4 is 5.32 Å². The molecule has 0 unspecified atom stereocenters. The quantitative estimate of drug-likeness (QED) is 0.622. The average molecular weight is 435 g/mol. The normalized spacial score (nSPS) is 12.9. The van der Waals surface area contributed by atoms with Crippen LogP contribution >= 0.6 is 23.2 Å². The van der Waals surface area contributed by atoms with Gasteiger partial charge in [-0.05, 0) is 50.5 Å². The Morgan fingerprint density at radius 1 is 1.07 bits per heavy atom. The number of halogens is 2. The number of aryl methyl sites for hydroxylation is 1. The largest absolute Gasteiger partial charge is 0.352 e. The summed E-state index contributed by atoms with van der Waals surface area (Å²) in [5, 5.41) is 3.93. The van der Waals surface area contributed by atoms with Crippen LogP contribution in [0.1, 0.15) is 43.9 Å². The predicted octanol–water partition coefficient (Wildman–Crippen LogP) is 5.18. The molecule has 0 bridgehead atoms. The molecule has 0 fully saturated rings. The highest BCUT2D eigenvalue weighted by Crippen LogP contribution is 2.23. The minimum absolute atomic E-state index is 0.0481. The Balaban J connectivity index is 2.25. The van der Waals surface area contributed by atoms with Crippen molar-refractivity contribution < 1.29 is 9.59 Å². The Labute approximate surface area is 183 Å². The molecule has 2 aromatic carbocycles. The molecule has 0 radical (unpaired) electrons. The molecule has 0 heterocycles. The lowest BCUT2D eigenvalue weighted by Crippen LogP contribution is -2.49. The van der Waals surface area contributed by atoms with Crippen molar-refractivity contribution in [2.45, 2.75) is 59.2 Å². The smallest absolute Gasteiger partial charge is 0.242 e. The summed E-state index contributed by atoms with van der Waals surface area (Å²) in [5.74, 6) is -0.330. The molecule has 0 spiro atoms. The predicted molar refractivity (Wildman–Crippen MR) is 119 cm³/mol. The van der Waals surface area contributed by atoms with E-state index in [9.17, 15) is 9.59 Å². The van der Waals surface area contributed by atoms with Crippen molar-refractivity contribution in [3.63, 3.8) is 0 Å². The second-order valence-corrected chi connectivity index (χ2v) is 8.26. The third kappa shape index (κ3) is 6.76. The highest BCUT2D eigenvalue weighted by molar-refractivity contribution is 6.35. The standard InChI is InChI=1S/C23H28Cl2N2O2/c1-5-16(3)26-23(29)17(4)27(14-18-8-6-15(2)7-9-18)22(28)12-19-10-11-20(24)13-21(19)25/h6-11,13,16-17H,5,12,14H2,1-4H3,(H,26,29)/t16-,17+/m0/s1. The first-order chi connectivity index (χ1) is 13.7. The second kappa shape index (κ2) is 10.7. The number of rotatable bonds is 8. The summed E-state index contributed by atoms with van der Waals surface area (Å²) in [6.45, 7) is 8.07. The van der Waals surface area contributed by atoms with Gasteiger partial charge < -0.3 is 10.2 Å². The van der Waals surface area contributed by atoms with Gasteiger partial charge in [0.25, 0.3) is 0 Å². The van der Waals surface area contributed by atoms with Crippen LogP contribution in [0.3, 0.4) is 0 Å². The fourth-order valence-electron chi connectivity index (χ4n) is 2.87. The number of carbonyl (C=O) groups excluding carboxylic acids is 2. The van der Waals surface area contributed by atoms with E-state index in [4.69, 9.17) is 23.2 Å². The summed E-state index contributed by atoms with van der Waals surface area (Å²) in [6, 6.07) is 12.5. The summed E-state index contributed by atoms with van der Waals surface area (Å²) in [5.41, 5.74) is 2.79. The number of nitrogens with zero attached hydrogens (tertiary/aromatic N) is 1. The topological polar surface area (TPSA) is 49.4 Å². The molecule has 156 valence electrons. The van der Waals surface area contributed by atoms with E-state index < -0.39 is 6.04 Å².